The predicted octanol–water partition coefficient (Wildman–Crippen LogP) is 4.28. The van der Waals surface area contributed by atoms with Crippen LogP contribution in [0.25, 0.3) is 11.3 Å². The second kappa shape index (κ2) is 7.65. The molecule has 2 aromatic heterocycles. The monoisotopic (exact) mass is 382 g/mol. The highest BCUT2D eigenvalue weighted by molar-refractivity contribution is 7.12. The number of aromatic nitrogens is 2. The van der Waals surface area contributed by atoms with Gasteiger partial charge in [-0.1, -0.05) is 23.7 Å². The van der Waals surface area contributed by atoms with Crippen LogP contribution < -0.4 is 5.32 Å². The van der Waals surface area contributed by atoms with E-state index in [0.29, 0.717) is 22.8 Å². The fraction of sp³-hybridized carbons (Fsp3) is 0.158. The number of carbonyl (C=O) groups excluding carboxylic acids is 1. The Hall–Kier alpha value is -2.75. The van der Waals surface area contributed by atoms with Crippen molar-refractivity contribution >= 4 is 28.8 Å². The molecule has 0 saturated heterocycles. The molecule has 0 aliphatic carbocycles. The lowest BCUT2D eigenvalue weighted by Gasteiger charge is -2.04. The zero-order valence-electron chi connectivity index (χ0n) is 14.2. The summed E-state index contributed by atoms with van der Waals surface area (Å²) in [6, 6.07) is 12.7. The number of nitrogens with one attached hydrogen (secondary N) is 1. The van der Waals surface area contributed by atoms with Crippen molar-refractivity contribution in [1.82, 2.24) is 15.3 Å². The third kappa shape index (κ3) is 3.90. The van der Waals surface area contributed by atoms with E-state index in [2.05, 4.69) is 15.3 Å². The molecule has 0 fully saturated rings. The van der Waals surface area contributed by atoms with Crippen LogP contribution in [0, 0.1) is 25.2 Å². The predicted molar refractivity (Wildman–Crippen MR) is 102 cm³/mol. The number of carbonyl (C=O) groups is 1. The molecule has 130 valence electrons. The molecule has 0 bridgehead atoms. The molecule has 2 heterocycles. The Balaban J connectivity index is 1.71. The molecule has 1 N–H and O–H groups in total. The topological polar surface area (TPSA) is 78.7 Å². The van der Waals surface area contributed by atoms with Gasteiger partial charge in [0.05, 0.1) is 23.5 Å². The van der Waals surface area contributed by atoms with Crippen LogP contribution in [-0.4, -0.2) is 15.9 Å². The van der Waals surface area contributed by atoms with Crippen molar-refractivity contribution in [2.75, 3.05) is 0 Å². The van der Waals surface area contributed by atoms with E-state index in [4.69, 9.17) is 16.9 Å². The molecule has 5 nitrogen and oxygen atoms in total. The highest BCUT2D eigenvalue weighted by Gasteiger charge is 2.13. The molecule has 0 spiro atoms. The first-order chi connectivity index (χ1) is 12.5. The normalized spacial score (nSPS) is 10.4. The van der Waals surface area contributed by atoms with Crippen LogP contribution in [0.3, 0.4) is 0 Å². The lowest BCUT2D eigenvalue weighted by atomic mass is 10.1. The molecule has 0 atom stereocenters. The number of nitriles is 1. The van der Waals surface area contributed by atoms with E-state index in [-0.39, 0.29) is 11.6 Å². The second-order valence-corrected chi connectivity index (χ2v) is 7.37. The Morgan fingerprint density at radius 3 is 2.58 bits per heavy atom. The number of aryl methyl sites for hydroxylation is 2. The third-order valence-corrected chi connectivity index (χ3v) is 5.02. The van der Waals surface area contributed by atoms with Gasteiger partial charge >= 0.3 is 0 Å². The van der Waals surface area contributed by atoms with Crippen molar-refractivity contribution in [3.63, 3.8) is 0 Å². The quantitative estimate of drug-likeness (QED) is 0.730. The molecule has 1 aromatic carbocycles. The van der Waals surface area contributed by atoms with Gasteiger partial charge in [0, 0.05) is 15.5 Å². The van der Waals surface area contributed by atoms with E-state index >= 15 is 0 Å². The largest absolute Gasteiger partial charge is 0.344 e. The van der Waals surface area contributed by atoms with Crippen molar-refractivity contribution in [2.45, 2.75) is 20.4 Å². The summed E-state index contributed by atoms with van der Waals surface area (Å²) in [6.07, 6.45) is 0. The number of hydrogen-bond donors (Lipinski definition) is 1. The number of thiazole rings is 1. The Kier molecular flexibility index (Phi) is 5.31. The number of halogens is 1. The third-order valence-electron chi connectivity index (χ3n) is 3.80. The van der Waals surface area contributed by atoms with Crippen molar-refractivity contribution < 1.29 is 4.79 Å². The van der Waals surface area contributed by atoms with Crippen LogP contribution in [0.4, 0.5) is 0 Å². The number of nitrogens with zero attached hydrogens (tertiary/aromatic N) is 3. The van der Waals surface area contributed by atoms with Crippen molar-refractivity contribution in [3.8, 4) is 17.3 Å². The number of rotatable bonds is 4. The highest BCUT2D eigenvalue weighted by atomic mass is 35.5. The highest BCUT2D eigenvalue weighted by Crippen LogP contribution is 2.28. The molecular weight excluding hydrogens is 368 g/mol. The van der Waals surface area contributed by atoms with Gasteiger partial charge in [0.1, 0.15) is 16.8 Å². The minimum absolute atomic E-state index is 0.285. The summed E-state index contributed by atoms with van der Waals surface area (Å²) in [5.74, 6) is -0.293. The minimum Gasteiger partial charge on any atom is -0.344 e. The minimum atomic E-state index is -0.293. The maximum Gasteiger partial charge on any atom is 0.270 e. The number of hydrogen-bond acceptors (Lipinski definition) is 5. The Morgan fingerprint density at radius 1 is 1.19 bits per heavy atom. The number of benzene rings is 1. The molecule has 0 radical (unpaired) electrons. The molecule has 0 aliphatic rings. The number of amides is 1. The van der Waals surface area contributed by atoms with Crippen LogP contribution in [0.1, 0.15) is 31.6 Å². The smallest absolute Gasteiger partial charge is 0.270 e. The Labute approximate surface area is 160 Å². The fourth-order valence-corrected chi connectivity index (χ4v) is 3.48. The molecule has 0 aliphatic heterocycles. The summed E-state index contributed by atoms with van der Waals surface area (Å²) in [5.41, 5.74) is 3.17. The molecular formula is C19H15ClN4OS. The van der Waals surface area contributed by atoms with E-state index in [9.17, 15) is 4.79 Å². The van der Waals surface area contributed by atoms with E-state index in [1.807, 2.05) is 37.3 Å². The first-order valence-corrected chi connectivity index (χ1v) is 9.05. The first-order valence-electron chi connectivity index (χ1n) is 7.86. The van der Waals surface area contributed by atoms with E-state index in [1.165, 1.54) is 11.3 Å². The standard InChI is InChI=1S/C19H15ClN4OS/c1-11-14(9-21)5-8-16(23-11)19(25)22-10-17-24-18(12(2)26-17)13-3-6-15(20)7-4-13/h3-8H,10H2,1-2H3,(H,22,25). The fourth-order valence-electron chi connectivity index (χ4n) is 2.45. The van der Waals surface area contributed by atoms with Crippen molar-refractivity contribution in [2.24, 2.45) is 0 Å². The van der Waals surface area contributed by atoms with Gasteiger partial charge in [0.2, 0.25) is 0 Å². The van der Waals surface area contributed by atoms with Gasteiger partial charge in [-0.3, -0.25) is 4.79 Å². The van der Waals surface area contributed by atoms with Crippen LogP contribution >= 0.6 is 22.9 Å². The molecule has 0 saturated carbocycles. The zero-order valence-corrected chi connectivity index (χ0v) is 15.8. The lowest BCUT2D eigenvalue weighted by Crippen LogP contribution is -2.24. The summed E-state index contributed by atoms with van der Waals surface area (Å²) in [5, 5.41) is 13.2. The van der Waals surface area contributed by atoms with Crippen LogP contribution in [0.5, 0.6) is 0 Å². The number of pyridine rings is 1. The summed E-state index contributed by atoms with van der Waals surface area (Å²) in [6.45, 7) is 4.02. The van der Waals surface area contributed by atoms with Crippen LogP contribution in [-0.2, 0) is 6.54 Å². The zero-order chi connectivity index (χ0) is 18.7. The van der Waals surface area contributed by atoms with Crippen LogP contribution in [0.15, 0.2) is 36.4 Å². The summed E-state index contributed by atoms with van der Waals surface area (Å²) >= 11 is 7.47. The Bertz CT molecular complexity index is 1010. The maximum absolute atomic E-state index is 12.3. The summed E-state index contributed by atoms with van der Waals surface area (Å²) < 4.78 is 0. The Morgan fingerprint density at radius 2 is 1.92 bits per heavy atom. The lowest BCUT2D eigenvalue weighted by molar-refractivity contribution is 0.0945. The van der Waals surface area contributed by atoms with Gasteiger partial charge in [-0.25, -0.2) is 9.97 Å². The molecule has 3 aromatic rings. The molecule has 3 rings (SSSR count). The van der Waals surface area contributed by atoms with E-state index in [1.54, 1.807) is 19.1 Å². The average Bonchev–Trinajstić information content (AvgIpc) is 3.01. The van der Waals surface area contributed by atoms with Gasteiger partial charge in [0.25, 0.3) is 5.91 Å². The van der Waals surface area contributed by atoms with Gasteiger partial charge in [-0.05, 0) is 38.1 Å². The van der Waals surface area contributed by atoms with Crippen molar-refractivity contribution in [1.29, 1.82) is 5.26 Å². The van der Waals surface area contributed by atoms with Gasteiger partial charge in [0.15, 0.2) is 0 Å². The first kappa shape index (κ1) is 18.1. The van der Waals surface area contributed by atoms with Gasteiger partial charge in [-0.2, -0.15) is 5.26 Å². The molecule has 7 heteroatoms. The van der Waals surface area contributed by atoms with Crippen molar-refractivity contribution in [3.05, 3.63) is 68.3 Å². The summed E-state index contributed by atoms with van der Waals surface area (Å²) in [4.78, 5) is 22.1. The van der Waals surface area contributed by atoms with Gasteiger partial charge in [-0.15, -0.1) is 11.3 Å². The average molecular weight is 383 g/mol. The van der Waals surface area contributed by atoms with Crippen LogP contribution in [0.2, 0.25) is 5.02 Å². The molecule has 0 unspecified atom stereocenters. The maximum atomic E-state index is 12.3. The molecule has 1 amide bonds. The SMILES string of the molecule is Cc1nc(C(=O)NCc2nc(-c3ccc(Cl)cc3)c(C)s2)ccc1C#N. The van der Waals surface area contributed by atoms with Gasteiger partial charge < -0.3 is 5.32 Å². The van der Waals surface area contributed by atoms with E-state index < -0.39 is 0 Å². The molecule has 26 heavy (non-hydrogen) atoms. The second-order valence-electron chi connectivity index (χ2n) is 5.64. The van der Waals surface area contributed by atoms with E-state index in [0.717, 1.165) is 21.1 Å². The summed E-state index contributed by atoms with van der Waals surface area (Å²) in [7, 11) is 0.